The summed E-state index contributed by atoms with van der Waals surface area (Å²) in [4.78, 5) is 32.6. The number of carboxylic acid groups (broad SMARTS) is 1. The Kier molecular flexibility index (Phi) is 4.39. The van der Waals surface area contributed by atoms with Crippen LogP contribution in [0, 0.1) is 0 Å². The number of ether oxygens (including phenoxy) is 1. The van der Waals surface area contributed by atoms with Gasteiger partial charge in [0.05, 0.1) is 6.61 Å². The quantitative estimate of drug-likeness (QED) is 0.457. The summed E-state index contributed by atoms with van der Waals surface area (Å²) in [5, 5.41) is 8.39. The van der Waals surface area contributed by atoms with Gasteiger partial charge in [0.25, 0.3) is 0 Å². The van der Waals surface area contributed by atoms with Crippen molar-refractivity contribution in [3.05, 3.63) is 29.8 Å². The third-order valence-corrected chi connectivity index (χ3v) is 1.99. The van der Waals surface area contributed by atoms with E-state index in [1.165, 1.54) is 24.3 Å². The first kappa shape index (κ1) is 12.9. The highest BCUT2D eigenvalue weighted by Gasteiger charge is 2.23. The Morgan fingerprint density at radius 2 is 1.76 bits per heavy atom. The van der Waals surface area contributed by atoms with Crippen LogP contribution in [-0.4, -0.2) is 29.2 Å². The number of Topliss-reactive ketones (excluding diaryl/α,β-unsaturated/α-hetero) is 2. The lowest BCUT2D eigenvalue weighted by Gasteiger charge is -2.04. The molecule has 0 aliphatic heterocycles. The van der Waals surface area contributed by atoms with Gasteiger partial charge in [-0.25, -0.2) is 4.79 Å². The van der Waals surface area contributed by atoms with Crippen molar-refractivity contribution in [2.75, 3.05) is 6.61 Å². The normalized spacial score (nSPS) is 9.71. The molecular weight excluding hydrogens is 224 g/mol. The third-order valence-electron chi connectivity index (χ3n) is 1.99. The summed E-state index contributed by atoms with van der Waals surface area (Å²) < 4.78 is 5.29. The molecule has 17 heavy (non-hydrogen) atoms. The average molecular weight is 236 g/mol. The highest BCUT2D eigenvalue weighted by atomic mass is 16.5. The maximum Gasteiger partial charge on any atom is 0.380 e. The highest BCUT2D eigenvalue weighted by Crippen LogP contribution is 2.13. The van der Waals surface area contributed by atoms with Crippen molar-refractivity contribution in [1.82, 2.24) is 0 Å². The molecule has 0 amide bonds. The molecule has 5 nitrogen and oxygen atoms in total. The van der Waals surface area contributed by atoms with Crippen molar-refractivity contribution in [2.24, 2.45) is 0 Å². The molecule has 0 aliphatic carbocycles. The van der Waals surface area contributed by atoms with Crippen LogP contribution in [-0.2, 0) is 9.59 Å². The third kappa shape index (κ3) is 3.41. The molecule has 0 spiro atoms. The van der Waals surface area contributed by atoms with Gasteiger partial charge in [-0.1, -0.05) is 6.92 Å². The average Bonchev–Trinajstić information content (AvgIpc) is 2.35. The van der Waals surface area contributed by atoms with Crippen molar-refractivity contribution in [3.8, 4) is 5.75 Å². The molecule has 1 N–H and O–H groups in total. The Balaban J connectivity index is 2.77. The first-order valence-corrected chi connectivity index (χ1v) is 5.11. The number of benzene rings is 1. The molecule has 5 heteroatoms. The van der Waals surface area contributed by atoms with Crippen LogP contribution in [0.3, 0.4) is 0 Å². The molecule has 0 saturated carbocycles. The Morgan fingerprint density at radius 1 is 1.18 bits per heavy atom. The van der Waals surface area contributed by atoms with E-state index >= 15 is 0 Å². The minimum atomic E-state index is -1.75. The van der Waals surface area contributed by atoms with Crippen LogP contribution in [0.2, 0.25) is 0 Å². The first-order chi connectivity index (χ1) is 8.06. The molecule has 0 fully saturated rings. The van der Waals surface area contributed by atoms with E-state index in [1.807, 2.05) is 6.92 Å². The van der Waals surface area contributed by atoms with E-state index in [9.17, 15) is 14.4 Å². The fourth-order valence-corrected chi connectivity index (χ4v) is 1.15. The van der Waals surface area contributed by atoms with E-state index in [-0.39, 0.29) is 5.56 Å². The van der Waals surface area contributed by atoms with Gasteiger partial charge >= 0.3 is 11.8 Å². The van der Waals surface area contributed by atoms with Gasteiger partial charge in [0, 0.05) is 5.56 Å². The molecule has 0 aliphatic rings. The van der Waals surface area contributed by atoms with E-state index in [4.69, 9.17) is 9.84 Å². The topological polar surface area (TPSA) is 80.7 Å². The van der Waals surface area contributed by atoms with E-state index in [0.717, 1.165) is 6.42 Å². The molecule has 0 aromatic heterocycles. The lowest BCUT2D eigenvalue weighted by atomic mass is 10.1. The lowest BCUT2D eigenvalue weighted by Crippen LogP contribution is -2.23. The predicted molar refractivity (Wildman–Crippen MR) is 59.2 cm³/mol. The van der Waals surface area contributed by atoms with Crippen LogP contribution in [0.5, 0.6) is 5.75 Å². The van der Waals surface area contributed by atoms with Gasteiger partial charge < -0.3 is 9.84 Å². The molecule has 1 aromatic rings. The highest BCUT2D eigenvalue weighted by molar-refractivity contribution is 6.65. The predicted octanol–water partition coefficient (Wildman–Crippen LogP) is 1.31. The van der Waals surface area contributed by atoms with E-state index in [0.29, 0.717) is 12.4 Å². The maximum atomic E-state index is 11.3. The second-order valence-corrected chi connectivity index (χ2v) is 3.34. The van der Waals surface area contributed by atoms with Gasteiger partial charge in [0.1, 0.15) is 5.75 Å². The summed E-state index contributed by atoms with van der Waals surface area (Å²) >= 11 is 0. The Labute approximate surface area is 98.0 Å². The molecule has 90 valence electrons. The van der Waals surface area contributed by atoms with Gasteiger partial charge in [-0.2, -0.15) is 0 Å². The zero-order chi connectivity index (χ0) is 12.8. The lowest BCUT2D eigenvalue weighted by molar-refractivity contribution is -0.146. The van der Waals surface area contributed by atoms with Crippen molar-refractivity contribution in [3.63, 3.8) is 0 Å². The van der Waals surface area contributed by atoms with Crippen LogP contribution in [0.15, 0.2) is 24.3 Å². The van der Waals surface area contributed by atoms with Crippen LogP contribution in [0.25, 0.3) is 0 Å². The molecule has 0 radical (unpaired) electrons. The Hall–Kier alpha value is -2.17. The molecule has 0 saturated heterocycles. The van der Waals surface area contributed by atoms with E-state index in [2.05, 4.69) is 0 Å². The summed E-state index contributed by atoms with van der Waals surface area (Å²) in [6.07, 6.45) is 0.859. The van der Waals surface area contributed by atoms with Crippen molar-refractivity contribution in [2.45, 2.75) is 13.3 Å². The van der Waals surface area contributed by atoms with Gasteiger partial charge in [-0.05, 0) is 30.7 Å². The molecule has 0 bridgehead atoms. The summed E-state index contributed by atoms with van der Waals surface area (Å²) in [6.45, 7) is 2.52. The van der Waals surface area contributed by atoms with Gasteiger partial charge in [-0.15, -0.1) is 0 Å². The summed E-state index contributed by atoms with van der Waals surface area (Å²) in [6, 6.07) is 5.79. The minimum Gasteiger partial charge on any atom is -0.494 e. The summed E-state index contributed by atoms with van der Waals surface area (Å²) in [7, 11) is 0. The Bertz CT molecular complexity index is 433. The molecular formula is C12H12O5. The largest absolute Gasteiger partial charge is 0.494 e. The van der Waals surface area contributed by atoms with Crippen LogP contribution in [0.4, 0.5) is 0 Å². The smallest absolute Gasteiger partial charge is 0.380 e. The maximum absolute atomic E-state index is 11.3. The number of rotatable bonds is 6. The number of aliphatic carboxylic acids is 1. The zero-order valence-electron chi connectivity index (χ0n) is 9.30. The fraction of sp³-hybridized carbons (Fsp3) is 0.250. The number of ketones is 2. The second kappa shape index (κ2) is 5.79. The SMILES string of the molecule is CCCOc1ccc(C(=O)C(=O)C(=O)O)cc1. The Morgan fingerprint density at radius 3 is 2.24 bits per heavy atom. The second-order valence-electron chi connectivity index (χ2n) is 3.34. The molecule has 1 aromatic carbocycles. The van der Waals surface area contributed by atoms with Gasteiger partial charge in [-0.3, -0.25) is 9.59 Å². The van der Waals surface area contributed by atoms with Crippen LogP contribution >= 0.6 is 0 Å². The standard InChI is InChI=1S/C12H12O5/c1-2-7-17-9-5-3-8(4-6-9)10(13)11(14)12(15)16/h3-6H,2,7H2,1H3,(H,15,16). The summed E-state index contributed by atoms with van der Waals surface area (Å²) in [5.74, 6) is -3.64. The van der Waals surface area contributed by atoms with Crippen molar-refractivity contribution < 1.29 is 24.2 Å². The monoisotopic (exact) mass is 236 g/mol. The van der Waals surface area contributed by atoms with Crippen LogP contribution in [0.1, 0.15) is 23.7 Å². The summed E-state index contributed by atoms with van der Waals surface area (Å²) in [5.41, 5.74) is 0.0428. The minimum absolute atomic E-state index is 0.0428. The zero-order valence-corrected chi connectivity index (χ0v) is 9.30. The number of carbonyl (C=O) groups excluding carboxylic acids is 2. The van der Waals surface area contributed by atoms with Crippen molar-refractivity contribution in [1.29, 1.82) is 0 Å². The van der Waals surface area contributed by atoms with Crippen molar-refractivity contribution >= 4 is 17.5 Å². The van der Waals surface area contributed by atoms with Crippen LogP contribution < -0.4 is 4.74 Å². The van der Waals surface area contributed by atoms with E-state index in [1.54, 1.807) is 0 Å². The van der Waals surface area contributed by atoms with Gasteiger partial charge in [0.15, 0.2) is 0 Å². The fourth-order valence-electron chi connectivity index (χ4n) is 1.15. The first-order valence-electron chi connectivity index (χ1n) is 5.11. The number of hydrogen-bond acceptors (Lipinski definition) is 4. The molecule has 0 atom stereocenters. The number of carbonyl (C=O) groups is 3. The molecule has 0 heterocycles. The van der Waals surface area contributed by atoms with Gasteiger partial charge in [0.2, 0.25) is 5.78 Å². The molecule has 0 unspecified atom stereocenters. The number of hydrogen-bond donors (Lipinski definition) is 1. The van der Waals surface area contributed by atoms with E-state index < -0.39 is 17.5 Å². The molecule has 1 rings (SSSR count). The number of carboxylic acids is 1.